The summed E-state index contributed by atoms with van der Waals surface area (Å²) in [5.74, 6) is 0. The highest BCUT2D eigenvalue weighted by Gasteiger charge is 2.11. The molecule has 3 nitrogen and oxygen atoms in total. The van der Waals surface area contributed by atoms with E-state index in [0.29, 0.717) is 17.3 Å². The predicted octanol–water partition coefficient (Wildman–Crippen LogP) is 1.83. The van der Waals surface area contributed by atoms with Crippen LogP contribution >= 0.6 is 11.6 Å². The van der Waals surface area contributed by atoms with Crippen molar-refractivity contribution in [2.24, 2.45) is 0 Å². The van der Waals surface area contributed by atoms with E-state index in [4.69, 9.17) is 17.3 Å². The highest BCUT2D eigenvalue weighted by atomic mass is 35.5. The summed E-state index contributed by atoms with van der Waals surface area (Å²) in [6.07, 6.45) is -0.531. The second-order valence-electron chi connectivity index (χ2n) is 4.01. The zero-order chi connectivity index (χ0) is 11.6. The van der Waals surface area contributed by atoms with Crippen molar-refractivity contribution in [3.63, 3.8) is 0 Å². The van der Waals surface area contributed by atoms with Gasteiger partial charge in [0.25, 0.3) is 0 Å². The lowest BCUT2D eigenvalue weighted by Crippen LogP contribution is -2.20. The van der Waals surface area contributed by atoms with E-state index in [2.05, 4.69) is 0 Å². The molecule has 84 valence electrons. The molecule has 1 atom stereocenters. The van der Waals surface area contributed by atoms with E-state index in [9.17, 15) is 5.11 Å². The zero-order valence-electron chi connectivity index (χ0n) is 9.29. The third kappa shape index (κ3) is 3.09. The Bertz CT molecular complexity index is 329. The van der Waals surface area contributed by atoms with Crippen LogP contribution < -0.4 is 5.73 Å². The van der Waals surface area contributed by atoms with E-state index in [1.165, 1.54) is 0 Å². The number of nitrogens with two attached hydrogens (primary N) is 1. The molecule has 0 saturated heterocycles. The van der Waals surface area contributed by atoms with Crippen LogP contribution in [0.1, 0.15) is 17.2 Å². The quantitative estimate of drug-likeness (QED) is 0.776. The lowest BCUT2D eigenvalue weighted by molar-refractivity contribution is 0.138. The predicted molar refractivity (Wildman–Crippen MR) is 64.1 cm³/mol. The average Bonchev–Trinajstić information content (AvgIpc) is 2.12. The molecular weight excluding hydrogens is 212 g/mol. The highest BCUT2D eigenvalue weighted by Crippen LogP contribution is 2.27. The number of halogens is 1. The van der Waals surface area contributed by atoms with Gasteiger partial charge in [-0.1, -0.05) is 17.7 Å². The van der Waals surface area contributed by atoms with Crippen molar-refractivity contribution in [1.29, 1.82) is 0 Å². The monoisotopic (exact) mass is 228 g/mol. The maximum atomic E-state index is 9.89. The summed E-state index contributed by atoms with van der Waals surface area (Å²) in [6.45, 7) is 2.45. The minimum Gasteiger partial charge on any atom is -0.397 e. The molecule has 0 aliphatic heterocycles. The molecule has 0 bridgehead atoms. The standard InChI is InChI=1S/C11H17ClN2O/c1-7-4-8(5-9(12)11(7)13)10(15)6-14(2)3/h4-5,10,15H,6,13H2,1-3H3. The van der Waals surface area contributed by atoms with Crippen LogP contribution in [0.2, 0.25) is 5.02 Å². The summed E-state index contributed by atoms with van der Waals surface area (Å²) in [7, 11) is 3.82. The smallest absolute Gasteiger partial charge is 0.0917 e. The Balaban J connectivity index is 2.95. The Labute approximate surface area is 95.5 Å². The Hall–Kier alpha value is -0.770. The molecule has 0 spiro atoms. The van der Waals surface area contributed by atoms with Crippen molar-refractivity contribution in [2.75, 3.05) is 26.4 Å². The zero-order valence-corrected chi connectivity index (χ0v) is 10.0. The maximum absolute atomic E-state index is 9.89. The number of rotatable bonds is 3. The number of aliphatic hydroxyl groups excluding tert-OH is 1. The average molecular weight is 229 g/mol. The van der Waals surface area contributed by atoms with Crippen molar-refractivity contribution >= 4 is 17.3 Å². The van der Waals surface area contributed by atoms with Gasteiger partial charge in [0.15, 0.2) is 0 Å². The Morgan fingerprint density at radius 1 is 1.47 bits per heavy atom. The van der Waals surface area contributed by atoms with Gasteiger partial charge in [-0.25, -0.2) is 0 Å². The number of anilines is 1. The lowest BCUT2D eigenvalue weighted by Gasteiger charge is -2.17. The van der Waals surface area contributed by atoms with E-state index in [-0.39, 0.29) is 0 Å². The summed E-state index contributed by atoms with van der Waals surface area (Å²) in [5.41, 5.74) is 8.01. The van der Waals surface area contributed by atoms with Crippen molar-refractivity contribution in [3.05, 3.63) is 28.3 Å². The van der Waals surface area contributed by atoms with Crippen molar-refractivity contribution < 1.29 is 5.11 Å². The molecule has 0 radical (unpaired) electrons. The Morgan fingerprint density at radius 2 is 2.07 bits per heavy atom. The fourth-order valence-electron chi connectivity index (χ4n) is 1.43. The number of benzene rings is 1. The summed E-state index contributed by atoms with van der Waals surface area (Å²) < 4.78 is 0. The molecule has 1 rings (SSSR count). The summed E-state index contributed by atoms with van der Waals surface area (Å²) in [4.78, 5) is 1.92. The minimum absolute atomic E-state index is 0.503. The molecule has 1 aromatic carbocycles. The fraction of sp³-hybridized carbons (Fsp3) is 0.455. The fourth-order valence-corrected chi connectivity index (χ4v) is 1.70. The van der Waals surface area contributed by atoms with Crippen LogP contribution in [0.25, 0.3) is 0 Å². The van der Waals surface area contributed by atoms with E-state index in [1.807, 2.05) is 32.0 Å². The van der Waals surface area contributed by atoms with Crippen LogP contribution in [0.15, 0.2) is 12.1 Å². The Kier molecular flexibility index (Phi) is 3.97. The molecule has 1 unspecified atom stereocenters. The van der Waals surface area contributed by atoms with Gasteiger partial charge in [0, 0.05) is 6.54 Å². The first kappa shape index (κ1) is 12.3. The summed E-state index contributed by atoms with van der Waals surface area (Å²) in [5, 5.41) is 10.4. The van der Waals surface area contributed by atoms with Gasteiger partial charge in [0.05, 0.1) is 16.8 Å². The Morgan fingerprint density at radius 3 is 2.53 bits per heavy atom. The van der Waals surface area contributed by atoms with Gasteiger partial charge in [-0.15, -0.1) is 0 Å². The molecule has 0 fully saturated rings. The molecule has 0 heterocycles. The molecule has 4 heteroatoms. The number of hydrogen-bond donors (Lipinski definition) is 2. The van der Waals surface area contributed by atoms with E-state index in [0.717, 1.165) is 11.1 Å². The number of nitrogens with zero attached hydrogens (tertiary/aromatic N) is 1. The molecule has 0 aromatic heterocycles. The molecule has 1 aromatic rings. The summed E-state index contributed by atoms with van der Waals surface area (Å²) in [6, 6.07) is 3.59. The van der Waals surface area contributed by atoms with Crippen molar-refractivity contribution in [1.82, 2.24) is 4.90 Å². The molecule has 3 N–H and O–H groups in total. The SMILES string of the molecule is Cc1cc(C(O)CN(C)C)cc(Cl)c1N. The molecular formula is C11H17ClN2O. The molecule has 15 heavy (non-hydrogen) atoms. The van der Waals surface area contributed by atoms with Crippen molar-refractivity contribution in [3.8, 4) is 0 Å². The number of nitrogen functional groups attached to an aromatic ring is 1. The van der Waals surface area contributed by atoms with Gasteiger partial charge < -0.3 is 15.7 Å². The molecule has 0 aliphatic rings. The number of hydrogen-bond acceptors (Lipinski definition) is 3. The van der Waals surface area contributed by atoms with Crippen LogP contribution in [0.5, 0.6) is 0 Å². The second-order valence-corrected chi connectivity index (χ2v) is 4.42. The molecule has 0 amide bonds. The first-order valence-corrected chi connectivity index (χ1v) is 5.18. The van der Waals surface area contributed by atoms with Crippen LogP contribution in [0, 0.1) is 6.92 Å². The topological polar surface area (TPSA) is 49.5 Å². The third-order valence-corrected chi connectivity index (χ3v) is 2.59. The third-order valence-electron chi connectivity index (χ3n) is 2.28. The van der Waals surface area contributed by atoms with Gasteiger partial charge in [0.2, 0.25) is 0 Å². The van der Waals surface area contributed by atoms with E-state index in [1.54, 1.807) is 6.07 Å². The lowest BCUT2D eigenvalue weighted by atomic mass is 10.0. The first-order chi connectivity index (χ1) is 6.91. The van der Waals surface area contributed by atoms with Crippen LogP contribution in [-0.4, -0.2) is 30.6 Å². The van der Waals surface area contributed by atoms with E-state index >= 15 is 0 Å². The highest BCUT2D eigenvalue weighted by molar-refractivity contribution is 6.33. The normalized spacial score (nSPS) is 13.2. The molecule has 0 saturated carbocycles. The van der Waals surface area contributed by atoms with Gasteiger partial charge >= 0.3 is 0 Å². The van der Waals surface area contributed by atoms with Gasteiger partial charge in [-0.3, -0.25) is 0 Å². The van der Waals surface area contributed by atoms with Crippen LogP contribution in [0.3, 0.4) is 0 Å². The largest absolute Gasteiger partial charge is 0.397 e. The van der Waals surface area contributed by atoms with Crippen LogP contribution in [0.4, 0.5) is 5.69 Å². The first-order valence-electron chi connectivity index (χ1n) is 4.80. The van der Waals surface area contributed by atoms with Gasteiger partial charge in [-0.2, -0.15) is 0 Å². The second kappa shape index (κ2) is 4.84. The maximum Gasteiger partial charge on any atom is 0.0917 e. The number of likely N-dealkylation sites (N-methyl/N-ethyl adjacent to an activating group) is 1. The van der Waals surface area contributed by atoms with Crippen molar-refractivity contribution in [2.45, 2.75) is 13.0 Å². The number of aliphatic hydroxyl groups is 1. The molecule has 0 aliphatic carbocycles. The van der Waals surface area contributed by atoms with Gasteiger partial charge in [0.1, 0.15) is 0 Å². The van der Waals surface area contributed by atoms with E-state index < -0.39 is 6.10 Å². The van der Waals surface area contributed by atoms with Gasteiger partial charge in [-0.05, 0) is 38.2 Å². The van der Waals surface area contributed by atoms with Crippen LogP contribution in [-0.2, 0) is 0 Å². The minimum atomic E-state index is -0.531. The summed E-state index contributed by atoms with van der Waals surface area (Å²) >= 11 is 5.95. The number of aryl methyl sites for hydroxylation is 1.